The molecule has 0 unspecified atom stereocenters. The van der Waals surface area contributed by atoms with Crippen LogP contribution in [-0.2, 0) is 16.6 Å². The second-order valence-corrected chi connectivity index (χ2v) is 5.28. The Morgan fingerprint density at radius 2 is 2.33 bits per heavy atom. The van der Waals surface area contributed by atoms with Crippen molar-refractivity contribution in [3.05, 3.63) is 18.5 Å². The van der Waals surface area contributed by atoms with E-state index < -0.39 is 10.0 Å². The van der Waals surface area contributed by atoms with Crippen molar-refractivity contribution in [2.24, 2.45) is 0 Å². The van der Waals surface area contributed by atoms with Crippen LogP contribution in [0.2, 0.25) is 0 Å². The molecule has 2 heterocycles. The molecule has 9 heteroatoms. The highest BCUT2D eigenvalue weighted by atomic mass is 32.2. The predicted molar refractivity (Wildman–Crippen MR) is 64.2 cm³/mol. The molecule has 0 aliphatic carbocycles. The Labute approximate surface area is 104 Å². The molecule has 0 fully saturated rings. The van der Waals surface area contributed by atoms with E-state index in [4.69, 9.17) is 5.73 Å². The highest BCUT2D eigenvalue weighted by molar-refractivity contribution is 7.92. The van der Waals surface area contributed by atoms with Crippen molar-refractivity contribution in [3.63, 3.8) is 0 Å². The van der Waals surface area contributed by atoms with Crippen molar-refractivity contribution < 1.29 is 12.9 Å². The van der Waals surface area contributed by atoms with Gasteiger partial charge in [0.15, 0.2) is 11.6 Å². The lowest BCUT2D eigenvalue weighted by atomic mass is 10.5. The molecule has 0 atom stereocenters. The first-order valence-electron chi connectivity index (χ1n) is 5.29. The quantitative estimate of drug-likeness (QED) is 0.825. The number of anilines is 2. The molecule has 0 aromatic carbocycles. The van der Waals surface area contributed by atoms with Gasteiger partial charge in [-0.2, -0.15) is 5.10 Å². The Morgan fingerprint density at radius 3 is 2.94 bits per heavy atom. The Kier molecular flexibility index (Phi) is 3.24. The van der Waals surface area contributed by atoms with Crippen molar-refractivity contribution in [1.29, 1.82) is 0 Å². The van der Waals surface area contributed by atoms with Gasteiger partial charge in [0.25, 0.3) is 10.0 Å². The zero-order valence-corrected chi connectivity index (χ0v) is 10.5. The van der Waals surface area contributed by atoms with Crippen LogP contribution in [0.5, 0.6) is 0 Å². The summed E-state index contributed by atoms with van der Waals surface area (Å²) in [5.74, 6) is 0.0529. The third-order valence-corrected chi connectivity index (χ3v) is 3.55. The van der Waals surface area contributed by atoms with E-state index in [1.54, 1.807) is 0 Å². The molecule has 0 bridgehead atoms. The van der Waals surface area contributed by atoms with E-state index in [0.717, 1.165) is 6.42 Å². The number of nitrogen functional groups attached to an aromatic ring is 1. The van der Waals surface area contributed by atoms with Crippen LogP contribution in [0.15, 0.2) is 27.9 Å². The van der Waals surface area contributed by atoms with Crippen molar-refractivity contribution in [3.8, 4) is 0 Å². The number of hydrogen-bond donors (Lipinski definition) is 2. The third-order valence-electron chi connectivity index (χ3n) is 2.17. The molecule has 2 rings (SSSR count). The molecule has 0 spiro atoms. The highest BCUT2D eigenvalue weighted by Gasteiger charge is 2.22. The molecule has 0 saturated heterocycles. The Balaban J connectivity index is 2.29. The summed E-state index contributed by atoms with van der Waals surface area (Å²) in [4.78, 5) is -0.0704. The van der Waals surface area contributed by atoms with Gasteiger partial charge in [-0.25, -0.2) is 8.42 Å². The lowest BCUT2D eigenvalue weighted by molar-refractivity contribution is 0.423. The van der Waals surface area contributed by atoms with E-state index in [-0.39, 0.29) is 16.5 Å². The van der Waals surface area contributed by atoms with Crippen molar-refractivity contribution >= 4 is 21.7 Å². The number of rotatable bonds is 5. The molecule has 0 amide bonds. The average Bonchev–Trinajstić information content (AvgIpc) is 2.88. The molecule has 2 aromatic rings. The third kappa shape index (κ3) is 2.45. The van der Waals surface area contributed by atoms with Gasteiger partial charge >= 0.3 is 0 Å². The SMILES string of the molecule is CCCn1cc(S(=O)(=O)Nc2ccon2)c(N)n1. The van der Waals surface area contributed by atoms with Crippen LogP contribution in [0, 0.1) is 0 Å². The molecule has 0 aliphatic heterocycles. The monoisotopic (exact) mass is 271 g/mol. The largest absolute Gasteiger partial charge is 0.381 e. The van der Waals surface area contributed by atoms with Crippen LogP contribution in [0.4, 0.5) is 11.6 Å². The maximum atomic E-state index is 12.0. The average molecular weight is 271 g/mol. The predicted octanol–water partition coefficient (Wildman–Crippen LogP) is 0.664. The summed E-state index contributed by atoms with van der Waals surface area (Å²) in [6, 6.07) is 1.39. The number of aryl methyl sites for hydroxylation is 1. The van der Waals surface area contributed by atoms with Gasteiger partial charge in [-0.3, -0.25) is 9.40 Å². The molecule has 8 nitrogen and oxygen atoms in total. The van der Waals surface area contributed by atoms with Crippen LogP contribution >= 0.6 is 0 Å². The minimum Gasteiger partial charge on any atom is -0.381 e. The van der Waals surface area contributed by atoms with Gasteiger partial charge in [-0.05, 0) is 6.42 Å². The number of nitrogens with one attached hydrogen (secondary N) is 1. The van der Waals surface area contributed by atoms with Crippen molar-refractivity contribution in [2.75, 3.05) is 10.5 Å². The minimum atomic E-state index is -3.79. The molecule has 0 radical (unpaired) electrons. The summed E-state index contributed by atoms with van der Waals surface area (Å²) in [5.41, 5.74) is 5.59. The summed E-state index contributed by atoms with van der Waals surface area (Å²) < 4.78 is 32.3. The van der Waals surface area contributed by atoms with E-state index in [1.807, 2.05) is 6.92 Å². The molecular weight excluding hydrogens is 258 g/mol. The number of sulfonamides is 1. The standard InChI is InChI=1S/C9H13N5O3S/c1-2-4-14-6-7(9(10)11-14)18(15,16)13-8-3-5-17-12-8/h3,5-6H,2,4H2,1H3,(H2,10,11)(H,12,13). The van der Waals surface area contributed by atoms with Gasteiger partial charge in [0.05, 0.1) is 0 Å². The summed E-state index contributed by atoms with van der Waals surface area (Å²) in [6.45, 7) is 2.56. The second kappa shape index (κ2) is 4.69. The van der Waals surface area contributed by atoms with Crippen LogP contribution in [0.3, 0.4) is 0 Å². The van der Waals surface area contributed by atoms with Crippen LogP contribution in [-0.4, -0.2) is 23.4 Å². The molecule has 0 saturated carbocycles. The second-order valence-electron chi connectivity index (χ2n) is 3.63. The first-order valence-corrected chi connectivity index (χ1v) is 6.77. The smallest absolute Gasteiger partial charge is 0.268 e. The van der Waals surface area contributed by atoms with Gasteiger partial charge in [-0.15, -0.1) is 0 Å². The van der Waals surface area contributed by atoms with Crippen LogP contribution in [0.25, 0.3) is 0 Å². The van der Waals surface area contributed by atoms with E-state index in [2.05, 4.69) is 19.5 Å². The Bertz CT molecular complexity index is 617. The minimum absolute atomic E-state index is 0.0422. The summed E-state index contributed by atoms with van der Waals surface area (Å²) in [6.07, 6.45) is 3.49. The zero-order chi connectivity index (χ0) is 13.2. The van der Waals surface area contributed by atoms with Gasteiger partial charge < -0.3 is 10.3 Å². The van der Waals surface area contributed by atoms with Gasteiger partial charge in [0.1, 0.15) is 11.2 Å². The topological polar surface area (TPSA) is 116 Å². The lowest BCUT2D eigenvalue weighted by Crippen LogP contribution is -2.14. The molecule has 98 valence electrons. The summed E-state index contributed by atoms with van der Waals surface area (Å²) in [7, 11) is -3.79. The Morgan fingerprint density at radius 1 is 1.56 bits per heavy atom. The molecule has 3 N–H and O–H groups in total. The lowest BCUT2D eigenvalue weighted by Gasteiger charge is -2.02. The number of hydrogen-bond acceptors (Lipinski definition) is 6. The zero-order valence-electron chi connectivity index (χ0n) is 9.70. The highest BCUT2D eigenvalue weighted by Crippen LogP contribution is 2.19. The van der Waals surface area contributed by atoms with Gasteiger partial charge in [0, 0.05) is 18.8 Å². The first-order chi connectivity index (χ1) is 8.53. The van der Waals surface area contributed by atoms with E-state index in [9.17, 15) is 8.42 Å². The summed E-state index contributed by atoms with van der Waals surface area (Å²) >= 11 is 0. The van der Waals surface area contributed by atoms with Gasteiger partial charge in [0.2, 0.25) is 0 Å². The number of nitrogens with two attached hydrogens (primary N) is 1. The van der Waals surface area contributed by atoms with E-state index >= 15 is 0 Å². The molecule has 0 aliphatic rings. The van der Waals surface area contributed by atoms with Crippen LogP contribution < -0.4 is 10.5 Å². The summed E-state index contributed by atoms with van der Waals surface area (Å²) in [5, 5.41) is 7.39. The number of nitrogens with zero attached hydrogens (tertiary/aromatic N) is 3. The fourth-order valence-electron chi connectivity index (χ4n) is 1.43. The molecule has 18 heavy (non-hydrogen) atoms. The maximum absolute atomic E-state index is 12.0. The van der Waals surface area contributed by atoms with Gasteiger partial charge in [-0.1, -0.05) is 12.1 Å². The van der Waals surface area contributed by atoms with Crippen molar-refractivity contribution in [2.45, 2.75) is 24.8 Å². The van der Waals surface area contributed by atoms with E-state index in [0.29, 0.717) is 6.54 Å². The molecular formula is C9H13N5O3S. The van der Waals surface area contributed by atoms with Crippen molar-refractivity contribution in [1.82, 2.24) is 14.9 Å². The Hall–Kier alpha value is -2.03. The molecule has 2 aromatic heterocycles. The normalized spacial score (nSPS) is 11.6. The van der Waals surface area contributed by atoms with Crippen LogP contribution in [0.1, 0.15) is 13.3 Å². The fraction of sp³-hybridized carbons (Fsp3) is 0.333. The first kappa shape index (κ1) is 12.4. The fourth-order valence-corrected chi connectivity index (χ4v) is 2.49. The maximum Gasteiger partial charge on any atom is 0.268 e. The van der Waals surface area contributed by atoms with E-state index in [1.165, 1.54) is 23.2 Å². The number of aromatic nitrogens is 3.